The van der Waals surface area contributed by atoms with Crippen LogP contribution in [-0.2, 0) is 28.7 Å². The molecule has 3 aliphatic rings. The Labute approximate surface area is 264 Å². The molecule has 2 bridgehead atoms. The fraction of sp³-hybridized carbons (Fsp3) is 0.750. The van der Waals surface area contributed by atoms with Crippen molar-refractivity contribution in [1.82, 2.24) is 15.1 Å². The van der Waals surface area contributed by atoms with Crippen LogP contribution < -0.4 is 5.32 Å². The first-order chi connectivity index (χ1) is 20.5. The fourth-order valence-corrected chi connectivity index (χ4v) is 7.84. The summed E-state index contributed by atoms with van der Waals surface area (Å²) in [5.74, 6) is -3.08. The quantitative estimate of drug-likeness (QED) is 0.0994. The van der Waals surface area contributed by atoms with Gasteiger partial charge in [-0.25, -0.2) is 0 Å². The zero-order chi connectivity index (χ0) is 31.9. The minimum Gasteiger partial charge on any atom is -0.460 e. The molecular formula is C32H50BrN3O7. The Kier molecular flexibility index (Phi) is 12.8. The second kappa shape index (κ2) is 15.7. The Morgan fingerprint density at radius 3 is 2.58 bits per heavy atom. The molecule has 3 heterocycles. The summed E-state index contributed by atoms with van der Waals surface area (Å²) >= 11 is 3.69. The van der Waals surface area contributed by atoms with Gasteiger partial charge in [0, 0.05) is 24.3 Å². The van der Waals surface area contributed by atoms with Crippen LogP contribution in [0.1, 0.15) is 72.6 Å². The summed E-state index contributed by atoms with van der Waals surface area (Å²) in [4.78, 5) is 57.6. The molecule has 10 nitrogen and oxygen atoms in total. The van der Waals surface area contributed by atoms with Crippen molar-refractivity contribution in [2.24, 2.45) is 17.8 Å². The van der Waals surface area contributed by atoms with E-state index in [1.54, 1.807) is 24.0 Å². The number of likely N-dealkylation sites (tertiary alicyclic amines) is 1. The average Bonchev–Trinajstić information content (AvgIpc) is 3.56. The van der Waals surface area contributed by atoms with Gasteiger partial charge in [0.05, 0.1) is 37.1 Å². The standard InChI is InChI=1S/C32H50BrN3O7/c1-7-10-12-15-35(14-9-3)30(40)28-32-17-23(33)27(43-32)25(26(32)29(39)36(28)22(19-37)16-20(4)5)31(41)42-21(6)18-34-24(38)13-11-8-2/h8-9,20-23,25-28,37H,2-3,7,10-19H2,1,4-6H3,(H,34,38)/t21-,22-,23?,25+,26-,27+,28+,32-/m1/s1. The second-order valence-corrected chi connectivity index (χ2v) is 13.7. The molecule has 0 aromatic heterocycles. The molecule has 242 valence electrons. The van der Waals surface area contributed by atoms with Crippen molar-refractivity contribution in [3.05, 3.63) is 25.3 Å². The zero-order valence-electron chi connectivity index (χ0n) is 26.1. The normalized spacial score (nSPS) is 28.9. The summed E-state index contributed by atoms with van der Waals surface area (Å²) < 4.78 is 12.4. The van der Waals surface area contributed by atoms with Crippen LogP contribution in [0.5, 0.6) is 0 Å². The van der Waals surface area contributed by atoms with E-state index in [4.69, 9.17) is 9.47 Å². The molecule has 0 radical (unpaired) electrons. The molecule has 2 N–H and O–H groups in total. The molecule has 3 fully saturated rings. The van der Waals surface area contributed by atoms with Gasteiger partial charge in [0.2, 0.25) is 17.7 Å². The highest BCUT2D eigenvalue weighted by Crippen LogP contribution is 2.61. The number of allylic oxidation sites excluding steroid dienone is 1. The number of nitrogens with one attached hydrogen (secondary N) is 1. The lowest BCUT2D eigenvalue weighted by atomic mass is 9.70. The van der Waals surface area contributed by atoms with E-state index in [2.05, 4.69) is 41.3 Å². The number of rotatable bonds is 18. The molecule has 0 aromatic rings. The second-order valence-electron chi connectivity index (χ2n) is 12.5. The lowest BCUT2D eigenvalue weighted by molar-refractivity contribution is -0.160. The molecule has 0 aliphatic carbocycles. The summed E-state index contributed by atoms with van der Waals surface area (Å²) in [6.45, 7) is 15.9. The molecule has 0 aromatic carbocycles. The van der Waals surface area contributed by atoms with Gasteiger partial charge in [-0.2, -0.15) is 0 Å². The minimum absolute atomic E-state index is 0.129. The number of fused-ring (bicyclic) bond motifs is 1. The summed E-state index contributed by atoms with van der Waals surface area (Å²) in [6.07, 6.45) is 6.51. The van der Waals surface area contributed by atoms with Crippen LogP contribution in [0.3, 0.4) is 0 Å². The number of nitrogens with zero attached hydrogens (tertiary/aromatic N) is 2. The van der Waals surface area contributed by atoms with E-state index in [-0.39, 0.29) is 41.6 Å². The van der Waals surface area contributed by atoms with E-state index in [0.29, 0.717) is 38.8 Å². The maximum Gasteiger partial charge on any atom is 0.312 e. The Morgan fingerprint density at radius 1 is 1.26 bits per heavy atom. The van der Waals surface area contributed by atoms with Crippen molar-refractivity contribution in [2.75, 3.05) is 26.2 Å². The summed E-state index contributed by atoms with van der Waals surface area (Å²) in [6, 6.07) is -1.60. The molecule has 1 spiro atoms. The van der Waals surface area contributed by atoms with Gasteiger partial charge in [-0.05, 0) is 38.5 Å². The molecule has 3 amide bonds. The van der Waals surface area contributed by atoms with E-state index >= 15 is 0 Å². The molecule has 3 rings (SSSR count). The predicted octanol–water partition coefficient (Wildman–Crippen LogP) is 3.36. The predicted molar refractivity (Wildman–Crippen MR) is 167 cm³/mol. The van der Waals surface area contributed by atoms with Crippen molar-refractivity contribution in [3.63, 3.8) is 0 Å². The Bertz CT molecular complexity index is 1040. The number of aliphatic hydroxyl groups excluding tert-OH is 1. The van der Waals surface area contributed by atoms with Gasteiger partial charge < -0.3 is 29.7 Å². The average molecular weight is 669 g/mol. The third kappa shape index (κ3) is 7.53. The highest BCUT2D eigenvalue weighted by atomic mass is 79.9. The minimum atomic E-state index is -1.24. The summed E-state index contributed by atoms with van der Waals surface area (Å²) in [5, 5.41) is 13.2. The number of carbonyl (C=O) groups excluding carboxylic acids is 4. The van der Waals surface area contributed by atoms with Crippen LogP contribution in [0.2, 0.25) is 0 Å². The van der Waals surface area contributed by atoms with Crippen LogP contribution in [0, 0.1) is 17.8 Å². The molecule has 3 aliphatic heterocycles. The van der Waals surface area contributed by atoms with Crippen LogP contribution >= 0.6 is 15.9 Å². The van der Waals surface area contributed by atoms with Gasteiger partial charge in [-0.1, -0.05) is 61.7 Å². The Hall–Kier alpha value is -2.24. The SMILES string of the molecule is C=CCCC(=O)NC[C@@H](C)OC(=O)[C@@H]1[C@H]2O[C@@]3(CC2Br)[C@H](C(=O)N(CC=C)CCCCC)N([C@@H](CO)CC(C)C)C(=O)[C@@H]13. The van der Waals surface area contributed by atoms with E-state index in [1.165, 1.54) is 4.90 Å². The first-order valence-electron chi connectivity index (χ1n) is 15.7. The number of carbonyl (C=O) groups is 4. The Balaban J connectivity index is 1.94. The fourth-order valence-electron chi connectivity index (χ4n) is 6.90. The molecule has 0 saturated carbocycles. The summed E-state index contributed by atoms with van der Waals surface area (Å²) in [7, 11) is 0. The first kappa shape index (κ1) is 35.2. The lowest BCUT2D eigenvalue weighted by Crippen LogP contribution is -2.59. The highest BCUT2D eigenvalue weighted by Gasteiger charge is 2.77. The zero-order valence-corrected chi connectivity index (χ0v) is 27.7. The maximum atomic E-state index is 14.4. The lowest BCUT2D eigenvalue weighted by Gasteiger charge is -2.39. The van der Waals surface area contributed by atoms with Gasteiger partial charge in [-0.15, -0.1) is 13.2 Å². The van der Waals surface area contributed by atoms with Crippen LogP contribution in [0.4, 0.5) is 0 Å². The molecule has 8 atom stereocenters. The van der Waals surface area contributed by atoms with Crippen molar-refractivity contribution < 1.29 is 33.8 Å². The van der Waals surface area contributed by atoms with E-state index in [0.717, 1.165) is 19.3 Å². The van der Waals surface area contributed by atoms with Crippen molar-refractivity contribution >= 4 is 39.6 Å². The smallest absolute Gasteiger partial charge is 0.312 e. The van der Waals surface area contributed by atoms with Gasteiger partial charge >= 0.3 is 5.97 Å². The Morgan fingerprint density at radius 2 is 1.98 bits per heavy atom. The highest BCUT2D eigenvalue weighted by molar-refractivity contribution is 9.09. The summed E-state index contributed by atoms with van der Waals surface area (Å²) in [5.41, 5.74) is -1.24. The maximum absolute atomic E-state index is 14.4. The van der Waals surface area contributed by atoms with Gasteiger partial charge in [0.25, 0.3) is 0 Å². The third-order valence-corrected chi connectivity index (χ3v) is 9.60. The van der Waals surface area contributed by atoms with Gasteiger partial charge in [0.1, 0.15) is 17.7 Å². The number of amides is 3. The largest absolute Gasteiger partial charge is 0.460 e. The first-order valence-corrected chi connectivity index (χ1v) is 16.6. The number of aliphatic hydroxyl groups is 1. The number of ether oxygens (including phenoxy) is 2. The number of unbranched alkanes of at least 4 members (excludes halogenated alkanes) is 2. The van der Waals surface area contributed by atoms with Crippen LogP contribution in [0.25, 0.3) is 0 Å². The van der Waals surface area contributed by atoms with Crippen molar-refractivity contribution in [2.45, 2.75) is 107 Å². The third-order valence-electron chi connectivity index (χ3n) is 8.75. The molecule has 43 heavy (non-hydrogen) atoms. The van der Waals surface area contributed by atoms with E-state index in [9.17, 15) is 24.3 Å². The van der Waals surface area contributed by atoms with Gasteiger partial charge in [-0.3, -0.25) is 19.2 Å². The molecule has 3 saturated heterocycles. The number of alkyl halides is 1. The van der Waals surface area contributed by atoms with Crippen molar-refractivity contribution in [1.29, 1.82) is 0 Å². The van der Waals surface area contributed by atoms with E-state index < -0.39 is 47.7 Å². The molecular weight excluding hydrogens is 618 g/mol. The topological polar surface area (TPSA) is 125 Å². The van der Waals surface area contributed by atoms with Gasteiger partial charge in [0.15, 0.2) is 0 Å². The molecule has 11 heteroatoms. The monoisotopic (exact) mass is 667 g/mol. The van der Waals surface area contributed by atoms with Crippen LogP contribution in [0.15, 0.2) is 25.3 Å². The number of hydrogen-bond donors (Lipinski definition) is 2. The van der Waals surface area contributed by atoms with Crippen LogP contribution in [-0.4, -0.2) is 99.6 Å². The molecule has 1 unspecified atom stereocenters. The number of hydrogen-bond acceptors (Lipinski definition) is 7. The van der Waals surface area contributed by atoms with Crippen molar-refractivity contribution in [3.8, 4) is 0 Å². The van der Waals surface area contributed by atoms with E-state index in [1.807, 2.05) is 13.8 Å². The number of halogens is 1. The number of esters is 1.